The van der Waals surface area contributed by atoms with Gasteiger partial charge in [-0.2, -0.15) is 0 Å². The van der Waals surface area contributed by atoms with Crippen molar-refractivity contribution in [2.45, 2.75) is 38.8 Å². The minimum Gasteiger partial charge on any atom is -0.355 e. The third kappa shape index (κ3) is 5.71. The monoisotopic (exact) mass is 336 g/mol. The van der Waals surface area contributed by atoms with Gasteiger partial charge in [0.05, 0.1) is 6.54 Å². The Morgan fingerprint density at radius 1 is 1.04 bits per heavy atom. The van der Waals surface area contributed by atoms with Crippen molar-refractivity contribution < 1.29 is 4.79 Å². The molecule has 0 spiro atoms. The van der Waals surface area contributed by atoms with E-state index in [0.29, 0.717) is 19.1 Å². The molecule has 2 aromatic rings. The molecule has 1 N–H and O–H groups in total. The number of amides is 1. The molecule has 3 rings (SSSR count). The number of carbonyl (C=O) groups is 1. The topological polar surface area (TPSA) is 32.3 Å². The molecule has 1 aliphatic rings. The summed E-state index contributed by atoms with van der Waals surface area (Å²) in [6.07, 6.45) is 3.47. The van der Waals surface area contributed by atoms with Crippen LogP contribution < -0.4 is 5.32 Å². The maximum atomic E-state index is 12.4. The summed E-state index contributed by atoms with van der Waals surface area (Å²) in [5.41, 5.74) is 2.53. The Balaban J connectivity index is 1.51. The van der Waals surface area contributed by atoms with Crippen LogP contribution in [0.3, 0.4) is 0 Å². The van der Waals surface area contributed by atoms with Gasteiger partial charge in [0.15, 0.2) is 0 Å². The van der Waals surface area contributed by atoms with Crippen LogP contribution in [0.1, 0.15) is 30.9 Å². The van der Waals surface area contributed by atoms with Crippen molar-refractivity contribution in [2.24, 2.45) is 5.92 Å². The second kappa shape index (κ2) is 8.82. The first-order valence-corrected chi connectivity index (χ1v) is 9.31. The molecule has 1 unspecified atom stereocenters. The molecule has 3 heteroatoms. The number of hydrogen-bond acceptors (Lipinski definition) is 2. The molecule has 2 aromatic carbocycles. The van der Waals surface area contributed by atoms with Crippen LogP contribution in [0.15, 0.2) is 60.7 Å². The van der Waals surface area contributed by atoms with Crippen LogP contribution in [-0.2, 0) is 17.8 Å². The Bertz CT molecular complexity index is 652. The average molecular weight is 336 g/mol. The Morgan fingerprint density at radius 3 is 2.24 bits per heavy atom. The van der Waals surface area contributed by atoms with Gasteiger partial charge in [0.1, 0.15) is 0 Å². The predicted octanol–water partition coefficient (Wildman–Crippen LogP) is 3.65. The molecule has 25 heavy (non-hydrogen) atoms. The standard InChI is InChI=1S/C22H28N2O/c1-18(21-12-13-21)24(16-20-10-6-3-7-11-20)17-22(25)23-15-14-19-8-4-2-5-9-19/h2-11,18,21H,12-17H2,1H3,(H,23,25). The Morgan fingerprint density at radius 2 is 1.64 bits per heavy atom. The molecule has 1 atom stereocenters. The van der Waals surface area contributed by atoms with Crippen molar-refractivity contribution in [3.8, 4) is 0 Å². The highest BCUT2D eigenvalue weighted by Gasteiger charge is 2.32. The molecule has 1 amide bonds. The van der Waals surface area contributed by atoms with Crippen LogP contribution in [-0.4, -0.2) is 29.9 Å². The highest BCUT2D eigenvalue weighted by Crippen LogP contribution is 2.35. The first kappa shape index (κ1) is 17.7. The third-order valence-electron chi connectivity index (χ3n) is 5.03. The number of carbonyl (C=O) groups excluding carboxylic acids is 1. The fourth-order valence-corrected chi connectivity index (χ4v) is 3.27. The number of hydrogen-bond donors (Lipinski definition) is 1. The van der Waals surface area contributed by atoms with Crippen LogP contribution >= 0.6 is 0 Å². The molecular weight excluding hydrogens is 308 g/mol. The first-order valence-electron chi connectivity index (χ1n) is 9.31. The molecule has 0 radical (unpaired) electrons. The minimum atomic E-state index is 0.124. The van der Waals surface area contributed by atoms with Gasteiger partial charge in [-0.05, 0) is 43.2 Å². The number of benzene rings is 2. The van der Waals surface area contributed by atoms with Crippen LogP contribution in [0.25, 0.3) is 0 Å². The summed E-state index contributed by atoms with van der Waals surface area (Å²) in [4.78, 5) is 14.8. The zero-order chi connectivity index (χ0) is 17.5. The fraction of sp³-hybridized carbons (Fsp3) is 0.409. The van der Waals surface area contributed by atoms with Crippen molar-refractivity contribution in [3.05, 3.63) is 71.8 Å². The molecular formula is C22H28N2O. The van der Waals surface area contributed by atoms with Crippen molar-refractivity contribution in [3.63, 3.8) is 0 Å². The summed E-state index contributed by atoms with van der Waals surface area (Å²) in [5.74, 6) is 0.875. The van der Waals surface area contributed by atoms with E-state index >= 15 is 0 Å². The summed E-state index contributed by atoms with van der Waals surface area (Å²) in [7, 11) is 0. The Hall–Kier alpha value is -2.13. The van der Waals surface area contributed by atoms with Crippen molar-refractivity contribution >= 4 is 5.91 Å². The summed E-state index contributed by atoms with van der Waals surface area (Å²) in [5, 5.41) is 3.08. The number of nitrogens with zero attached hydrogens (tertiary/aromatic N) is 1. The van der Waals surface area contributed by atoms with Gasteiger partial charge < -0.3 is 5.32 Å². The van der Waals surface area contributed by atoms with Gasteiger partial charge in [-0.3, -0.25) is 9.69 Å². The van der Waals surface area contributed by atoms with E-state index in [0.717, 1.165) is 18.9 Å². The first-order chi connectivity index (χ1) is 12.2. The van der Waals surface area contributed by atoms with Crippen LogP contribution in [0.2, 0.25) is 0 Å². The lowest BCUT2D eigenvalue weighted by Gasteiger charge is -2.28. The van der Waals surface area contributed by atoms with Crippen molar-refractivity contribution in [2.75, 3.05) is 13.1 Å². The minimum absolute atomic E-state index is 0.124. The van der Waals surface area contributed by atoms with Gasteiger partial charge in [-0.25, -0.2) is 0 Å². The highest BCUT2D eigenvalue weighted by atomic mass is 16.2. The van der Waals surface area contributed by atoms with E-state index in [-0.39, 0.29) is 5.91 Å². The van der Waals surface area contributed by atoms with E-state index in [1.807, 2.05) is 24.3 Å². The van der Waals surface area contributed by atoms with Gasteiger partial charge in [0.2, 0.25) is 5.91 Å². The van der Waals surface area contributed by atoms with Crippen LogP contribution in [0.5, 0.6) is 0 Å². The van der Waals surface area contributed by atoms with Gasteiger partial charge in [0, 0.05) is 19.1 Å². The average Bonchev–Trinajstić information content (AvgIpc) is 3.47. The van der Waals surface area contributed by atoms with Gasteiger partial charge >= 0.3 is 0 Å². The molecule has 0 aromatic heterocycles. The zero-order valence-electron chi connectivity index (χ0n) is 15.0. The van der Waals surface area contributed by atoms with Gasteiger partial charge in [-0.15, -0.1) is 0 Å². The molecule has 1 fully saturated rings. The van der Waals surface area contributed by atoms with E-state index in [4.69, 9.17) is 0 Å². The summed E-state index contributed by atoms with van der Waals surface area (Å²) < 4.78 is 0. The van der Waals surface area contributed by atoms with E-state index in [1.54, 1.807) is 0 Å². The lowest BCUT2D eigenvalue weighted by atomic mass is 10.1. The molecule has 0 aliphatic heterocycles. The van der Waals surface area contributed by atoms with Crippen LogP contribution in [0.4, 0.5) is 0 Å². The largest absolute Gasteiger partial charge is 0.355 e. The van der Waals surface area contributed by atoms with E-state index in [2.05, 4.69) is 53.5 Å². The lowest BCUT2D eigenvalue weighted by Crippen LogP contribution is -2.42. The Labute approximate surface area is 151 Å². The van der Waals surface area contributed by atoms with E-state index in [1.165, 1.54) is 24.0 Å². The van der Waals surface area contributed by atoms with Gasteiger partial charge in [-0.1, -0.05) is 60.7 Å². The molecule has 0 heterocycles. The van der Waals surface area contributed by atoms with E-state index < -0.39 is 0 Å². The summed E-state index contributed by atoms with van der Waals surface area (Å²) >= 11 is 0. The smallest absolute Gasteiger partial charge is 0.234 e. The summed E-state index contributed by atoms with van der Waals surface area (Å²) in [6.45, 7) is 4.27. The Kier molecular flexibility index (Phi) is 6.24. The fourth-order valence-electron chi connectivity index (χ4n) is 3.27. The SMILES string of the molecule is CC(C1CC1)N(CC(=O)NCCc1ccccc1)Cc1ccccc1. The maximum Gasteiger partial charge on any atom is 0.234 e. The molecule has 0 bridgehead atoms. The highest BCUT2D eigenvalue weighted by molar-refractivity contribution is 5.78. The predicted molar refractivity (Wildman–Crippen MR) is 102 cm³/mol. The number of nitrogens with one attached hydrogen (secondary N) is 1. The molecule has 132 valence electrons. The third-order valence-corrected chi connectivity index (χ3v) is 5.03. The zero-order valence-corrected chi connectivity index (χ0v) is 15.0. The maximum absolute atomic E-state index is 12.4. The van der Waals surface area contributed by atoms with Crippen molar-refractivity contribution in [1.82, 2.24) is 10.2 Å². The van der Waals surface area contributed by atoms with Crippen molar-refractivity contribution in [1.29, 1.82) is 0 Å². The summed E-state index contributed by atoms with van der Waals surface area (Å²) in [6, 6.07) is 21.2. The molecule has 0 saturated heterocycles. The second-order valence-electron chi connectivity index (χ2n) is 7.05. The molecule has 3 nitrogen and oxygen atoms in total. The molecule has 1 aliphatic carbocycles. The molecule has 1 saturated carbocycles. The quantitative estimate of drug-likeness (QED) is 0.758. The van der Waals surface area contributed by atoms with Gasteiger partial charge in [0.25, 0.3) is 0 Å². The normalized spacial score (nSPS) is 15.1. The van der Waals surface area contributed by atoms with Crippen LogP contribution in [0, 0.1) is 5.92 Å². The second-order valence-corrected chi connectivity index (χ2v) is 7.05. The number of rotatable bonds is 9. The van der Waals surface area contributed by atoms with E-state index in [9.17, 15) is 4.79 Å². The lowest BCUT2D eigenvalue weighted by molar-refractivity contribution is -0.123.